The predicted octanol–water partition coefficient (Wildman–Crippen LogP) is 4.55. The van der Waals surface area contributed by atoms with Crippen LogP contribution in [0.15, 0.2) is 66.5 Å². The largest absolute Gasteiger partial charge is 0.477 e. The number of aromatic nitrogens is 2. The Morgan fingerprint density at radius 1 is 1.13 bits per heavy atom. The first kappa shape index (κ1) is 20.4. The third kappa shape index (κ3) is 3.94. The van der Waals surface area contributed by atoms with E-state index in [0.717, 1.165) is 11.1 Å². The average molecular weight is 416 g/mol. The van der Waals surface area contributed by atoms with E-state index in [0.29, 0.717) is 17.4 Å². The molecule has 158 valence electrons. The number of allylic oxidation sites excluding steroid dienone is 1. The van der Waals surface area contributed by atoms with Crippen molar-refractivity contribution in [2.24, 2.45) is 0 Å². The van der Waals surface area contributed by atoms with Gasteiger partial charge in [-0.05, 0) is 41.7 Å². The van der Waals surface area contributed by atoms with E-state index in [4.69, 9.17) is 0 Å². The van der Waals surface area contributed by atoms with E-state index in [2.05, 4.69) is 29.6 Å². The molecule has 2 aromatic carbocycles. The molecule has 0 saturated carbocycles. The lowest BCUT2D eigenvalue weighted by atomic mass is 9.98. The number of aryl methyl sites for hydroxylation is 1. The molecule has 0 aliphatic carbocycles. The lowest BCUT2D eigenvalue weighted by molar-refractivity contribution is -0.132. The zero-order chi connectivity index (χ0) is 22.1. The van der Waals surface area contributed by atoms with E-state index < -0.39 is 12.0 Å². The van der Waals surface area contributed by atoms with Gasteiger partial charge in [-0.1, -0.05) is 56.3 Å². The number of carbonyl (C=O) groups is 2. The molecular formula is C24H24N4O3. The lowest BCUT2D eigenvalue weighted by Crippen LogP contribution is -2.25. The van der Waals surface area contributed by atoms with Gasteiger partial charge in [0.25, 0.3) is 5.91 Å². The number of carbonyl (C=O) groups excluding carboxylic acids is 1. The second kappa shape index (κ2) is 8.10. The van der Waals surface area contributed by atoms with Crippen LogP contribution in [0.25, 0.3) is 0 Å². The van der Waals surface area contributed by atoms with E-state index in [-0.39, 0.29) is 17.2 Å². The summed E-state index contributed by atoms with van der Waals surface area (Å²) in [5, 5.41) is 19.8. The van der Waals surface area contributed by atoms with Gasteiger partial charge in [-0.2, -0.15) is 5.10 Å². The quantitative estimate of drug-likeness (QED) is 0.567. The van der Waals surface area contributed by atoms with Gasteiger partial charge in [0.2, 0.25) is 0 Å². The zero-order valence-corrected chi connectivity index (χ0v) is 17.6. The van der Waals surface area contributed by atoms with Gasteiger partial charge in [-0.15, -0.1) is 0 Å². The van der Waals surface area contributed by atoms with Crippen LogP contribution in [0.3, 0.4) is 0 Å². The van der Waals surface area contributed by atoms with Gasteiger partial charge in [0.15, 0.2) is 0 Å². The number of carboxylic acids is 1. The number of carboxylic acid groups (broad SMARTS) is 1. The summed E-state index contributed by atoms with van der Waals surface area (Å²) in [5.41, 5.74) is 3.99. The van der Waals surface area contributed by atoms with Gasteiger partial charge in [-0.3, -0.25) is 4.79 Å². The SMILES string of the molecule is Cc1ccccc1NC(=O)c1cnn2c1NC(C(=O)O)=C[C@H]2c1ccc(C(C)C)cc1. The van der Waals surface area contributed by atoms with E-state index in [1.54, 1.807) is 10.8 Å². The third-order valence-corrected chi connectivity index (χ3v) is 5.45. The summed E-state index contributed by atoms with van der Waals surface area (Å²) in [6.45, 7) is 6.14. The highest BCUT2D eigenvalue weighted by molar-refractivity contribution is 6.08. The minimum Gasteiger partial charge on any atom is -0.477 e. The van der Waals surface area contributed by atoms with Crippen molar-refractivity contribution in [2.45, 2.75) is 32.7 Å². The Morgan fingerprint density at radius 3 is 2.48 bits per heavy atom. The number of benzene rings is 2. The highest BCUT2D eigenvalue weighted by Gasteiger charge is 2.29. The van der Waals surface area contributed by atoms with Crippen molar-refractivity contribution in [3.05, 3.63) is 88.8 Å². The van der Waals surface area contributed by atoms with Crippen molar-refractivity contribution in [2.75, 3.05) is 10.6 Å². The topological polar surface area (TPSA) is 96.3 Å². The summed E-state index contributed by atoms with van der Waals surface area (Å²) in [6.07, 6.45) is 3.07. The van der Waals surface area contributed by atoms with Gasteiger partial charge < -0.3 is 15.7 Å². The second-order valence-corrected chi connectivity index (χ2v) is 7.90. The minimum atomic E-state index is -1.10. The molecule has 0 radical (unpaired) electrons. The van der Waals surface area contributed by atoms with E-state index >= 15 is 0 Å². The molecule has 0 bridgehead atoms. The van der Waals surface area contributed by atoms with Crippen LogP contribution in [0.1, 0.15) is 52.9 Å². The van der Waals surface area contributed by atoms with E-state index in [1.807, 2.05) is 55.5 Å². The number of aliphatic carboxylic acids is 1. The lowest BCUT2D eigenvalue weighted by Gasteiger charge is -2.25. The molecule has 1 aliphatic rings. The number of fused-ring (bicyclic) bond motifs is 1. The van der Waals surface area contributed by atoms with Crippen LogP contribution in [0, 0.1) is 6.92 Å². The molecule has 31 heavy (non-hydrogen) atoms. The first-order valence-corrected chi connectivity index (χ1v) is 10.1. The van der Waals surface area contributed by atoms with Crippen LogP contribution in [-0.4, -0.2) is 26.8 Å². The molecule has 3 aromatic rings. The molecule has 1 amide bonds. The van der Waals surface area contributed by atoms with Crippen LogP contribution in [0.4, 0.5) is 11.5 Å². The third-order valence-electron chi connectivity index (χ3n) is 5.45. The van der Waals surface area contributed by atoms with Gasteiger partial charge in [0, 0.05) is 5.69 Å². The van der Waals surface area contributed by atoms with Gasteiger partial charge in [0.1, 0.15) is 17.1 Å². The van der Waals surface area contributed by atoms with Crippen LogP contribution in [0.5, 0.6) is 0 Å². The Morgan fingerprint density at radius 2 is 1.84 bits per heavy atom. The van der Waals surface area contributed by atoms with Crippen LogP contribution < -0.4 is 10.6 Å². The second-order valence-electron chi connectivity index (χ2n) is 7.90. The molecule has 0 unspecified atom stereocenters. The molecule has 0 saturated heterocycles. The van der Waals surface area contributed by atoms with Crippen molar-refractivity contribution in [3.63, 3.8) is 0 Å². The first-order valence-electron chi connectivity index (χ1n) is 10.1. The fourth-order valence-corrected chi connectivity index (χ4v) is 3.60. The maximum atomic E-state index is 13.0. The predicted molar refractivity (Wildman–Crippen MR) is 119 cm³/mol. The maximum absolute atomic E-state index is 13.0. The van der Waals surface area contributed by atoms with Gasteiger partial charge in [-0.25, -0.2) is 9.48 Å². The monoisotopic (exact) mass is 416 g/mol. The van der Waals surface area contributed by atoms with Crippen molar-refractivity contribution < 1.29 is 14.7 Å². The molecule has 4 rings (SSSR count). The molecule has 1 aromatic heterocycles. The number of nitrogens with zero attached hydrogens (tertiary/aromatic N) is 2. The number of para-hydroxylation sites is 1. The highest BCUT2D eigenvalue weighted by Crippen LogP contribution is 2.33. The summed E-state index contributed by atoms with van der Waals surface area (Å²) in [5.74, 6) is -0.710. The van der Waals surface area contributed by atoms with Crippen LogP contribution in [0.2, 0.25) is 0 Å². The summed E-state index contributed by atoms with van der Waals surface area (Å²) >= 11 is 0. The van der Waals surface area contributed by atoms with Crippen molar-refractivity contribution >= 4 is 23.4 Å². The average Bonchev–Trinajstić information content (AvgIpc) is 3.19. The molecule has 1 aliphatic heterocycles. The Balaban J connectivity index is 1.71. The Labute approximate surface area is 180 Å². The molecular weight excluding hydrogens is 392 g/mol. The maximum Gasteiger partial charge on any atom is 0.352 e. The van der Waals surface area contributed by atoms with Crippen molar-refractivity contribution in [1.82, 2.24) is 9.78 Å². The zero-order valence-electron chi connectivity index (χ0n) is 17.6. The van der Waals surface area contributed by atoms with Gasteiger partial charge in [0.05, 0.1) is 12.2 Å². The highest BCUT2D eigenvalue weighted by atomic mass is 16.4. The number of hydrogen-bond acceptors (Lipinski definition) is 4. The van der Waals surface area contributed by atoms with Crippen LogP contribution >= 0.6 is 0 Å². The molecule has 3 N–H and O–H groups in total. The van der Waals surface area contributed by atoms with Crippen LogP contribution in [-0.2, 0) is 4.79 Å². The van der Waals surface area contributed by atoms with Crippen molar-refractivity contribution in [1.29, 1.82) is 0 Å². The molecule has 1 atom stereocenters. The number of anilines is 2. The summed E-state index contributed by atoms with van der Waals surface area (Å²) in [7, 11) is 0. The summed E-state index contributed by atoms with van der Waals surface area (Å²) in [4.78, 5) is 24.7. The number of amides is 1. The molecule has 0 spiro atoms. The summed E-state index contributed by atoms with van der Waals surface area (Å²) < 4.78 is 1.64. The molecule has 7 nitrogen and oxygen atoms in total. The van der Waals surface area contributed by atoms with Gasteiger partial charge >= 0.3 is 5.97 Å². The van der Waals surface area contributed by atoms with E-state index in [9.17, 15) is 14.7 Å². The number of nitrogens with one attached hydrogen (secondary N) is 2. The Hall–Kier alpha value is -3.87. The Kier molecular flexibility index (Phi) is 5.33. The summed E-state index contributed by atoms with van der Waals surface area (Å²) in [6, 6.07) is 15.0. The fraction of sp³-hybridized carbons (Fsp3) is 0.208. The Bertz CT molecular complexity index is 1180. The standard InChI is InChI=1S/C24H24N4O3/c1-14(2)16-8-10-17(11-9-16)21-12-20(24(30)31)26-22-18(13-25-28(21)22)23(29)27-19-7-5-4-6-15(19)3/h4-14,21,26H,1-3H3,(H,27,29)(H,30,31)/t21-/m0/s1. The smallest absolute Gasteiger partial charge is 0.352 e. The molecule has 2 heterocycles. The first-order chi connectivity index (χ1) is 14.8. The molecule has 7 heteroatoms. The fourth-order valence-electron chi connectivity index (χ4n) is 3.60. The molecule has 0 fully saturated rings. The number of hydrogen-bond donors (Lipinski definition) is 3. The van der Waals surface area contributed by atoms with E-state index in [1.165, 1.54) is 11.8 Å². The number of rotatable bonds is 5. The normalized spacial score (nSPS) is 15.1. The van der Waals surface area contributed by atoms with Crippen molar-refractivity contribution in [3.8, 4) is 0 Å². The minimum absolute atomic E-state index is 0.0101.